The second kappa shape index (κ2) is 4.37. The summed E-state index contributed by atoms with van der Waals surface area (Å²) in [5, 5.41) is 0. The van der Waals surface area contributed by atoms with Gasteiger partial charge in [0.15, 0.2) is 0 Å². The van der Waals surface area contributed by atoms with Crippen LogP contribution in [-0.4, -0.2) is 0 Å². The van der Waals surface area contributed by atoms with Crippen LogP contribution in [0.4, 0.5) is 8.78 Å². The fourth-order valence-corrected chi connectivity index (χ4v) is 2.57. The van der Waals surface area contributed by atoms with E-state index < -0.39 is 5.92 Å². The molecule has 1 nitrogen and oxygen atoms in total. The summed E-state index contributed by atoms with van der Waals surface area (Å²) in [6.07, 6.45) is 5.39. The van der Waals surface area contributed by atoms with Gasteiger partial charge in [-0.3, -0.25) is 0 Å². The molecule has 17 heavy (non-hydrogen) atoms. The van der Waals surface area contributed by atoms with Crippen LogP contribution in [0.25, 0.3) is 0 Å². The highest BCUT2D eigenvalue weighted by Crippen LogP contribution is 2.36. The van der Waals surface area contributed by atoms with Crippen molar-refractivity contribution in [1.29, 1.82) is 0 Å². The van der Waals surface area contributed by atoms with Crippen LogP contribution in [0.5, 0.6) is 0 Å². The van der Waals surface area contributed by atoms with Gasteiger partial charge in [0, 0.05) is 18.0 Å². The fourth-order valence-electron chi connectivity index (χ4n) is 2.57. The van der Waals surface area contributed by atoms with E-state index in [-0.39, 0.29) is 11.1 Å². The first-order valence-electron chi connectivity index (χ1n) is 6.20. The molecule has 0 spiro atoms. The molecule has 94 valence electrons. The molecule has 1 aliphatic rings. The Morgan fingerprint density at radius 1 is 1.06 bits per heavy atom. The van der Waals surface area contributed by atoms with Crippen LogP contribution in [0.15, 0.2) is 24.3 Å². The van der Waals surface area contributed by atoms with Crippen molar-refractivity contribution in [2.24, 2.45) is 5.73 Å². The average molecular weight is 239 g/mol. The molecule has 0 unspecified atom stereocenters. The van der Waals surface area contributed by atoms with Gasteiger partial charge < -0.3 is 5.73 Å². The molecule has 1 aromatic carbocycles. The van der Waals surface area contributed by atoms with E-state index in [0.29, 0.717) is 0 Å². The van der Waals surface area contributed by atoms with Crippen molar-refractivity contribution in [3.63, 3.8) is 0 Å². The van der Waals surface area contributed by atoms with Crippen molar-refractivity contribution in [2.75, 3.05) is 0 Å². The van der Waals surface area contributed by atoms with E-state index in [2.05, 4.69) is 0 Å². The lowest BCUT2D eigenvalue weighted by Gasteiger charge is -2.34. The van der Waals surface area contributed by atoms with Crippen LogP contribution in [-0.2, 0) is 11.5 Å². The van der Waals surface area contributed by atoms with E-state index in [1.807, 2.05) is 0 Å². The summed E-state index contributed by atoms with van der Waals surface area (Å²) in [5.74, 6) is -2.77. The Kier molecular flexibility index (Phi) is 3.21. The standard InChI is InChI=1S/C14H19F2N/c1-13(15,16)11-5-7-12(8-6-11)14(17)9-3-2-4-10-14/h5-8H,2-4,9-10,17H2,1H3. The number of hydrogen-bond acceptors (Lipinski definition) is 1. The molecule has 0 saturated heterocycles. The minimum absolute atomic E-state index is 0.0562. The highest BCUT2D eigenvalue weighted by molar-refractivity contribution is 5.30. The summed E-state index contributed by atoms with van der Waals surface area (Å²) in [6.45, 7) is 0.917. The first-order valence-corrected chi connectivity index (χ1v) is 6.20. The molecule has 2 N–H and O–H groups in total. The number of benzene rings is 1. The van der Waals surface area contributed by atoms with E-state index in [4.69, 9.17) is 5.73 Å². The van der Waals surface area contributed by atoms with Gasteiger partial charge in [-0.2, -0.15) is 0 Å². The molecular weight excluding hydrogens is 220 g/mol. The van der Waals surface area contributed by atoms with E-state index in [0.717, 1.165) is 38.2 Å². The van der Waals surface area contributed by atoms with Gasteiger partial charge in [-0.1, -0.05) is 43.5 Å². The van der Waals surface area contributed by atoms with Crippen molar-refractivity contribution in [3.8, 4) is 0 Å². The predicted octanol–water partition coefficient (Wildman–Crippen LogP) is 3.92. The highest BCUT2D eigenvalue weighted by Gasteiger charge is 2.30. The van der Waals surface area contributed by atoms with Crippen molar-refractivity contribution >= 4 is 0 Å². The topological polar surface area (TPSA) is 26.0 Å². The van der Waals surface area contributed by atoms with Crippen LogP contribution >= 0.6 is 0 Å². The number of rotatable bonds is 2. The Bertz CT molecular complexity index is 372. The van der Waals surface area contributed by atoms with E-state index >= 15 is 0 Å². The van der Waals surface area contributed by atoms with Crippen LogP contribution in [0.1, 0.15) is 50.2 Å². The molecule has 0 aromatic heterocycles. The molecule has 0 atom stereocenters. The van der Waals surface area contributed by atoms with Gasteiger partial charge in [0.1, 0.15) is 0 Å². The van der Waals surface area contributed by atoms with E-state index in [9.17, 15) is 8.78 Å². The fraction of sp³-hybridized carbons (Fsp3) is 0.571. The van der Waals surface area contributed by atoms with Gasteiger partial charge in [-0.15, -0.1) is 0 Å². The molecule has 0 radical (unpaired) electrons. The third-order valence-electron chi connectivity index (χ3n) is 3.71. The zero-order valence-electron chi connectivity index (χ0n) is 10.2. The second-order valence-corrected chi connectivity index (χ2v) is 5.18. The van der Waals surface area contributed by atoms with Crippen LogP contribution in [0.2, 0.25) is 0 Å². The van der Waals surface area contributed by atoms with E-state index in [1.54, 1.807) is 12.1 Å². The molecule has 1 saturated carbocycles. The van der Waals surface area contributed by atoms with Gasteiger partial charge in [0.25, 0.3) is 5.92 Å². The Hall–Kier alpha value is -0.960. The van der Waals surface area contributed by atoms with E-state index in [1.165, 1.54) is 18.6 Å². The number of hydrogen-bond donors (Lipinski definition) is 1. The van der Waals surface area contributed by atoms with Gasteiger partial charge in [-0.05, 0) is 18.4 Å². The molecule has 1 aromatic rings. The maximum atomic E-state index is 13.1. The first kappa shape index (κ1) is 12.5. The number of nitrogens with two attached hydrogens (primary N) is 1. The monoisotopic (exact) mass is 239 g/mol. The van der Waals surface area contributed by atoms with Crippen LogP contribution < -0.4 is 5.73 Å². The largest absolute Gasteiger partial charge is 0.321 e. The summed E-state index contributed by atoms with van der Waals surface area (Å²) in [4.78, 5) is 0. The maximum absolute atomic E-state index is 13.1. The molecule has 1 fully saturated rings. The van der Waals surface area contributed by atoms with Crippen molar-refractivity contribution < 1.29 is 8.78 Å². The normalized spacial score (nSPS) is 20.2. The Balaban J connectivity index is 2.23. The number of alkyl halides is 2. The first-order chi connectivity index (χ1) is 7.92. The Morgan fingerprint density at radius 3 is 2.06 bits per heavy atom. The Labute approximate surface area is 101 Å². The van der Waals surface area contributed by atoms with Crippen LogP contribution in [0, 0.1) is 0 Å². The third-order valence-corrected chi connectivity index (χ3v) is 3.71. The molecule has 0 amide bonds. The molecular formula is C14H19F2N. The SMILES string of the molecule is CC(F)(F)c1ccc(C2(N)CCCCC2)cc1. The molecule has 0 heterocycles. The van der Waals surface area contributed by atoms with Gasteiger partial charge in [0.2, 0.25) is 0 Å². The zero-order chi connectivity index (χ0) is 12.5. The predicted molar refractivity (Wildman–Crippen MR) is 65.0 cm³/mol. The summed E-state index contributed by atoms with van der Waals surface area (Å²) < 4.78 is 26.2. The Morgan fingerprint density at radius 2 is 1.59 bits per heavy atom. The minimum Gasteiger partial charge on any atom is -0.321 e. The molecule has 2 rings (SSSR count). The quantitative estimate of drug-likeness (QED) is 0.831. The van der Waals surface area contributed by atoms with Crippen LogP contribution in [0.3, 0.4) is 0 Å². The molecule has 0 bridgehead atoms. The van der Waals surface area contributed by atoms with Crippen molar-refractivity contribution in [3.05, 3.63) is 35.4 Å². The smallest absolute Gasteiger partial charge is 0.270 e. The minimum atomic E-state index is -2.77. The van der Waals surface area contributed by atoms with Gasteiger partial charge >= 0.3 is 0 Å². The lowest BCUT2D eigenvalue weighted by molar-refractivity contribution is 0.0174. The number of halogens is 2. The third kappa shape index (κ3) is 2.65. The van der Waals surface area contributed by atoms with Gasteiger partial charge in [-0.25, -0.2) is 8.78 Å². The summed E-state index contributed by atoms with van der Waals surface area (Å²) in [7, 11) is 0. The molecule has 0 aliphatic heterocycles. The molecule has 1 aliphatic carbocycles. The summed E-state index contributed by atoms with van der Waals surface area (Å²) >= 11 is 0. The van der Waals surface area contributed by atoms with Crippen molar-refractivity contribution in [1.82, 2.24) is 0 Å². The molecule has 3 heteroatoms. The van der Waals surface area contributed by atoms with Gasteiger partial charge in [0.05, 0.1) is 0 Å². The lowest BCUT2D eigenvalue weighted by Crippen LogP contribution is -2.38. The highest BCUT2D eigenvalue weighted by atomic mass is 19.3. The summed E-state index contributed by atoms with van der Waals surface area (Å²) in [6, 6.07) is 6.52. The zero-order valence-corrected chi connectivity index (χ0v) is 10.2. The summed E-state index contributed by atoms with van der Waals surface area (Å²) in [5.41, 5.74) is 7.09. The average Bonchev–Trinajstić information content (AvgIpc) is 2.29. The maximum Gasteiger partial charge on any atom is 0.270 e. The van der Waals surface area contributed by atoms with Crippen molar-refractivity contribution in [2.45, 2.75) is 50.5 Å². The second-order valence-electron chi connectivity index (χ2n) is 5.18. The lowest BCUT2D eigenvalue weighted by atomic mass is 9.77.